The second-order valence-electron chi connectivity index (χ2n) is 0.637. The highest BCUT2D eigenvalue weighted by Gasteiger charge is 1.58. The van der Waals surface area contributed by atoms with Crippen molar-refractivity contribution in [2.75, 3.05) is 0 Å². The van der Waals surface area contributed by atoms with Gasteiger partial charge in [-0.15, -0.1) is 18.2 Å². The molecule has 0 bridgehead atoms. The normalized spacial score (nSPS) is 6.40. The highest BCUT2D eigenvalue weighted by Crippen LogP contribution is 1.68. The predicted octanol–water partition coefficient (Wildman–Crippen LogP) is 1.41. The van der Waals surface area contributed by atoms with Crippen molar-refractivity contribution in [2.45, 2.75) is 6.04 Å². The predicted molar refractivity (Wildman–Crippen MR) is 28.3 cm³/mol. The molecule has 0 aliphatic carbocycles. The third kappa shape index (κ3) is 4.18. The first-order chi connectivity index (χ1) is 2.41. The highest BCUT2D eigenvalue weighted by atomic mass is 32.2. The van der Waals surface area contributed by atoms with Crippen LogP contribution in [0.4, 0.5) is 0 Å². The van der Waals surface area contributed by atoms with Crippen LogP contribution in [0.2, 0.25) is 6.04 Å². The van der Waals surface area contributed by atoms with Gasteiger partial charge in [0.15, 0.2) is 0 Å². The Labute approximate surface area is 39.3 Å². The lowest BCUT2D eigenvalue weighted by Crippen LogP contribution is -1.55. The second kappa shape index (κ2) is 4.18. The maximum absolute atomic E-state index is 4.61. The minimum absolute atomic E-state index is 0.623. The second-order valence-corrected chi connectivity index (χ2v) is 2.20. The molecule has 0 saturated heterocycles. The zero-order valence-corrected chi connectivity index (χ0v) is 4.72. The molecule has 0 atom stereocenters. The van der Waals surface area contributed by atoms with E-state index in [1.54, 1.807) is 0 Å². The molecule has 0 aromatic rings. The largest absolute Gasteiger partial charge is 0.138 e. The van der Waals surface area contributed by atoms with E-state index in [0.717, 1.165) is 6.04 Å². The van der Waals surface area contributed by atoms with Crippen LogP contribution in [0.15, 0.2) is 12.7 Å². The Morgan fingerprint density at radius 2 is 2.60 bits per heavy atom. The summed E-state index contributed by atoms with van der Waals surface area (Å²) < 4.78 is 0. The fourth-order valence-electron chi connectivity index (χ4n) is 0.0589. The van der Waals surface area contributed by atoms with Gasteiger partial charge in [-0.3, -0.25) is 0 Å². The molecule has 5 heavy (non-hydrogen) atoms. The maximum atomic E-state index is 4.61. The standard InChI is InChI=1S/C3H5SSi/c1-2-3-5-4/h2H,1,3H2. The van der Waals surface area contributed by atoms with Crippen molar-refractivity contribution in [1.82, 2.24) is 0 Å². The maximum Gasteiger partial charge on any atom is 0.118 e. The first-order valence-corrected chi connectivity index (χ1v) is 3.71. The van der Waals surface area contributed by atoms with Crippen molar-refractivity contribution in [2.24, 2.45) is 0 Å². The van der Waals surface area contributed by atoms with Crippen molar-refractivity contribution >= 4 is 19.9 Å². The first-order valence-electron chi connectivity index (χ1n) is 1.37. The van der Waals surface area contributed by atoms with E-state index in [4.69, 9.17) is 0 Å². The Morgan fingerprint density at radius 3 is 2.60 bits per heavy atom. The van der Waals surface area contributed by atoms with Crippen LogP contribution in [-0.4, -0.2) is 8.23 Å². The molecule has 0 nitrogen and oxygen atoms in total. The molecule has 0 spiro atoms. The van der Waals surface area contributed by atoms with Gasteiger partial charge in [-0.05, 0) is 6.04 Å². The van der Waals surface area contributed by atoms with Gasteiger partial charge in [0.1, 0.15) is 8.23 Å². The van der Waals surface area contributed by atoms with Gasteiger partial charge in [0, 0.05) is 0 Å². The molecule has 27 valence electrons. The summed E-state index contributed by atoms with van der Waals surface area (Å²) in [4.78, 5) is 0. The third-order valence-corrected chi connectivity index (χ3v) is 1.18. The smallest absolute Gasteiger partial charge is 0.118 e. The summed E-state index contributed by atoms with van der Waals surface area (Å²) in [5.41, 5.74) is 0. The van der Waals surface area contributed by atoms with Gasteiger partial charge in [0.05, 0.1) is 0 Å². The zero-order chi connectivity index (χ0) is 4.12. The summed E-state index contributed by atoms with van der Waals surface area (Å²) in [5, 5.41) is 0. The van der Waals surface area contributed by atoms with Gasteiger partial charge in [-0.1, -0.05) is 6.08 Å². The van der Waals surface area contributed by atoms with Crippen molar-refractivity contribution in [3.63, 3.8) is 0 Å². The van der Waals surface area contributed by atoms with Gasteiger partial charge >= 0.3 is 0 Å². The monoisotopic (exact) mass is 101 g/mol. The van der Waals surface area contributed by atoms with Crippen molar-refractivity contribution in [3.8, 4) is 0 Å². The lowest BCUT2D eigenvalue weighted by Gasteiger charge is -1.60. The van der Waals surface area contributed by atoms with Crippen LogP contribution in [0.3, 0.4) is 0 Å². The molecule has 2 heteroatoms. The zero-order valence-electron chi connectivity index (χ0n) is 2.90. The summed E-state index contributed by atoms with van der Waals surface area (Å²) in [6.45, 7) is 3.49. The van der Waals surface area contributed by atoms with E-state index in [-0.39, 0.29) is 0 Å². The first kappa shape index (κ1) is 5.18. The lowest BCUT2D eigenvalue weighted by atomic mass is 10.8. The lowest BCUT2D eigenvalue weighted by molar-refractivity contribution is 1.76. The number of hydrogen-bond acceptors (Lipinski definition) is 1. The van der Waals surface area contributed by atoms with Crippen LogP contribution in [-0.2, 0) is 0 Å². The van der Waals surface area contributed by atoms with E-state index < -0.39 is 0 Å². The summed E-state index contributed by atoms with van der Waals surface area (Å²) in [5.74, 6) is 0. The fraction of sp³-hybridized carbons (Fsp3) is 0.333. The third-order valence-electron chi connectivity index (χ3n) is 0.228. The molecular weight excluding hydrogens is 96.2 g/mol. The quantitative estimate of drug-likeness (QED) is 0.374. The molecule has 0 saturated carbocycles. The fourth-order valence-corrected chi connectivity index (χ4v) is 0.530. The molecule has 0 heterocycles. The number of hydrogen-bond donors (Lipinski definition) is 0. The Bertz CT molecular complexity index is 36.2. The van der Waals surface area contributed by atoms with Crippen LogP contribution in [0, 0.1) is 0 Å². The van der Waals surface area contributed by atoms with Crippen LogP contribution in [0.25, 0.3) is 0 Å². The van der Waals surface area contributed by atoms with Gasteiger partial charge in [0.25, 0.3) is 0 Å². The Morgan fingerprint density at radius 1 is 2.00 bits per heavy atom. The molecule has 0 aromatic heterocycles. The minimum atomic E-state index is 0.623. The van der Waals surface area contributed by atoms with E-state index in [9.17, 15) is 0 Å². The summed E-state index contributed by atoms with van der Waals surface area (Å²) >= 11 is 4.61. The van der Waals surface area contributed by atoms with E-state index >= 15 is 0 Å². The summed E-state index contributed by atoms with van der Waals surface area (Å²) in [7, 11) is 0.623. The summed E-state index contributed by atoms with van der Waals surface area (Å²) in [6, 6.07) is 0.995. The number of rotatable bonds is 2. The van der Waals surface area contributed by atoms with Crippen molar-refractivity contribution < 1.29 is 0 Å². The topological polar surface area (TPSA) is 0 Å². The van der Waals surface area contributed by atoms with Crippen LogP contribution < -0.4 is 0 Å². The molecule has 1 radical (unpaired) electrons. The van der Waals surface area contributed by atoms with Crippen LogP contribution in [0.1, 0.15) is 0 Å². The summed E-state index contributed by atoms with van der Waals surface area (Å²) in [6.07, 6.45) is 1.84. The van der Waals surface area contributed by atoms with Gasteiger partial charge in [-0.2, -0.15) is 0 Å². The molecule has 0 amide bonds. The average molecular weight is 101 g/mol. The van der Waals surface area contributed by atoms with E-state index in [1.807, 2.05) is 6.08 Å². The van der Waals surface area contributed by atoms with E-state index in [1.165, 1.54) is 0 Å². The van der Waals surface area contributed by atoms with Gasteiger partial charge < -0.3 is 0 Å². The molecule has 0 N–H and O–H groups in total. The number of allylic oxidation sites excluding steroid dienone is 1. The molecule has 0 aromatic carbocycles. The molecule has 0 aliphatic heterocycles. The molecule has 0 unspecified atom stereocenters. The Hall–Kier alpha value is 0.177. The van der Waals surface area contributed by atoms with Crippen molar-refractivity contribution in [1.29, 1.82) is 0 Å². The Kier molecular flexibility index (Phi) is 4.32. The van der Waals surface area contributed by atoms with E-state index in [2.05, 4.69) is 18.2 Å². The minimum Gasteiger partial charge on any atom is -0.138 e. The molecule has 0 rings (SSSR count). The van der Waals surface area contributed by atoms with Gasteiger partial charge in [0.2, 0.25) is 0 Å². The molecular formula is C3H5SSi. The molecule has 0 aliphatic rings. The Balaban J connectivity index is 2.65. The van der Waals surface area contributed by atoms with Crippen LogP contribution >= 0.6 is 11.6 Å². The SMILES string of the molecule is C=CC[Si]=S. The van der Waals surface area contributed by atoms with Gasteiger partial charge in [-0.25, -0.2) is 0 Å². The van der Waals surface area contributed by atoms with Crippen LogP contribution in [0.5, 0.6) is 0 Å². The van der Waals surface area contributed by atoms with Crippen molar-refractivity contribution in [3.05, 3.63) is 12.7 Å². The molecule has 0 fully saturated rings. The average Bonchev–Trinajstić information content (AvgIpc) is 1.41. The highest BCUT2D eigenvalue weighted by molar-refractivity contribution is 7.85. The van der Waals surface area contributed by atoms with E-state index in [0.29, 0.717) is 8.23 Å².